The Labute approximate surface area is 221 Å². The summed E-state index contributed by atoms with van der Waals surface area (Å²) in [5, 5.41) is 2.96. The highest BCUT2D eigenvalue weighted by molar-refractivity contribution is 7.92. The van der Waals surface area contributed by atoms with Crippen LogP contribution < -0.4 is 9.62 Å². The number of carbonyl (C=O) groups excluding carboxylic acids is 2. The fourth-order valence-corrected chi connectivity index (χ4v) is 5.04. The normalized spacial score (nSPS) is 12.0. The number of amides is 2. The van der Waals surface area contributed by atoms with Crippen LogP contribution in [0.25, 0.3) is 0 Å². The molecular formula is C27H29ClFN3O4S. The monoisotopic (exact) mass is 545 g/mol. The van der Waals surface area contributed by atoms with Crippen LogP contribution in [0.2, 0.25) is 5.02 Å². The van der Waals surface area contributed by atoms with Gasteiger partial charge in [-0.1, -0.05) is 60.1 Å². The molecule has 0 aliphatic carbocycles. The molecule has 2 amide bonds. The number of nitrogens with zero attached hydrogens (tertiary/aromatic N) is 2. The lowest BCUT2D eigenvalue weighted by Crippen LogP contribution is -2.53. The lowest BCUT2D eigenvalue weighted by Gasteiger charge is -2.33. The number of hydrogen-bond donors (Lipinski definition) is 1. The summed E-state index contributed by atoms with van der Waals surface area (Å²) in [5.74, 6) is -1.45. The van der Waals surface area contributed by atoms with Gasteiger partial charge in [0, 0.05) is 25.0 Å². The molecule has 0 spiro atoms. The summed E-state index contributed by atoms with van der Waals surface area (Å²) in [6.07, 6.45) is 1.20. The van der Waals surface area contributed by atoms with Crippen molar-refractivity contribution in [2.24, 2.45) is 0 Å². The number of anilines is 1. The van der Waals surface area contributed by atoms with Gasteiger partial charge in [-0.25, -0.2) is 12.8 Å². The summed E-state index contributed by atoms with van der Waals surface area (Å²) >= 11 is 6.23. The van der Waals surface area contributed by atoms with Crippen molar-refractivity contribution in [1.82, 2.24) is 10.2 Å². The molecule has 1 unspecified atom stereocenters. The average Bonchev–Trinajstić information content (AvgIpc) is 2.87. The van der Waals surface area contributed by atoms with E-state index in [0.29, 0.717) is 16.1 Å². The predicted molar refractivity (Wildman–Crippen MR) is 143 cm³/mol. The third-order valence-electron chi connectivity index (χ3n) is 5.97. The summed E-state index contributed by atoms with van der Waals surface area (Å²) < 4.78 is 40.1. The van der Waals surface area contributed by atoms with E-state index in [1.165, 1.54) is 36.2 Å². The van der Waals surface area contributed by atoms with E-state index < -0.39 is 40.2 Å². The zero-order chi connectivity index (χ0) is 27.2. The van der Waals surface area contributed by atoms with Crippen molar-refractivity contribution in [1.29, 1.82) is 0 Å². The predicted octanol–water partition coefficient (Wildman–Crippen LogP) is 3.94. The molecule has 3 aromatic carbocycles. The van der Waals surface area contributed by atoms with Gasteiger partial charge >= 0.3 is 0 Å². The summed E-state index contributed by atoms with van der Waals surface area (Å²) in [6.45, 7) is 1.08. The second-order valence-electron chi connectivity index (χ2n) is 8.62. The van der Waals surface area contributed by atoms with Gasteiger partial charge < -0.3 is 10.2 Å². The maximum Gasteiger partial charge on any atom is 0.244 e. The number of sulfonamides is 1. The van der Waals surface area contributed by atoms with E-state index in [0.717, 1.165) is 16.1 Å². The molecule has 0 radical (unpaired) electrons. The molecule has 0 fully saturated rings. The molecule has 0 aliphatic rings. The Morgan fingerprint density at radius 1 is 0.973 bits per heavy atom. The SMILES string of the molecule is CNC(=O)C(Cc1ccccc1)N(Cc1ccc(F)cc1)C(=O)CN(c1cccc(Cl)c1C)S(C)(=O)=O. The number of benzene rings is 3. The molecule has 7 nitrogen and oxygen atoms in total. The summed E-state index contributed by atoms with van der Waals surface area (Å²) in [6, 6.07) is 18.6. The Balaban J connectivity index is 2.05. The molecule has 0 saturated carbocycles. The number of carbonyl (C=O) groups is 2. The molecule has 0 saturated heterocycles. The van der Waals surface area contributed by atoms with Crippen LogP contribution in [0, 0.1) is 12.7 Å². The highest BCUT2D eigenvalue weighted by Crippen LogP contribution is 2.28. The first-order chi connectivity index (χ1) is 17.5. The van der Waals surface area contributed by atoms with Gasteiger partial charge in [0.15, 0.2) is 0 Å². The summed E-state index contributed by atoms with van der Waals surface area (Å²) in [4.78, 5) is 28.2. The lowest BCUT2D eigenvalue weighted by molar-refractivity contribution is -0.139. The van der Waals surface area contributed by atoms with E-state index in [-0.39, 0.29) is 18.7 Å². The third-order valence-corrected chi connectivity index (χ3v) is 7.51. The van der Waals surface area contributed by atoms with Gasteiger partial charge in [0.1, 0.15) is 18.4 Å². The number of halogens is 2. The molecule has 0 heterocycles. The van der Waals surface area contributed by atoms with Crippen molar-refractivity contribution in [2.45, 2.75) is 25.9 Å². The quantitative estimate of drug-likeness (QED) is 0.418. The van der Waals surface area contributed by atoms with Crippen LogP contribution in [0.15, 0.2) is 72.8 Å². The van der Waals surface area contributed by atoms with Gasteiger partial charge in [0.05, 0.1) is 11.9 Å². The average molecular weight is 546 g/mol. The Bertz CT molecular complexity index is 1350. The van der Waals surface area contributed by atoms with Crippen LogP contribution in [0.3, 0.4) is 0 Å². The Morgan fingerprint density at radius 3 is 2.22 bits per heavy atom. The van der Waals surface area contributed by atoms with Gasteiger partial charge in [0.2, 0.25) is 21.8 Å². The second-order valence-corrected chi connectivity index (χ2v) is 10.9. The van der Waals surface area contributed by atoms with Crippen molar-refractivity contribution in [3.8, 4) is 0 Å². The van der Waals surface area contributed by atoms with Gasteiger partial charge in [-0.15, -0.1) is 0 Å². The van der Waals surface area contributed by atoms with Crippen molar-refractivity contribution in [2.75, 3.05) is 24.2 Å². The molecule has 10 heteroatoms. The zero-order valence-electron chi connectivity index (χ0n) is 20.8. The fraction of sp³-hybridized carbons (Fsp3) is 0.259. The highest BCUT2D eigenvalue weighted by atomic mass is 35.5. The van der Waals surface area contributed by atoms with Crippen molar-refractivity contribution >= 4 is 39.1 Å². The van der Waals surface area contributed by atoms with Crippen LogP contribution in [0.1, 0.15) is 16.7 Å². The van der Waals surface area contributed by atoms with Gasteiger partial charge in [-0.3, -0.25) is 13.9 Å². The van der Waals surface area contributed by atoms with Gasteiger partial charge in [-0.05, 0) is 47.9 Å². The first-order valence-electron chi connectivity index (χ1n) is 11.5. The van der Waals surface area contributed by atoms with Gasteiger partial charge in [0.25, 0.3) is 0 Å². The maximum atomic E-state index is 13.8. The number of nitrogens with one attached hydrogen (secondary N) is 1. The summed E-state index contributed by atoms with van der Waals surface area (Å²) in [5.41, 5.74) is 2.17. The lowest BCUT2D eigenvalue weighted by atomic mass is 10.0. The molecule has 37 heavy (non-hydrogen) atoms. The molecule has 196 valence electrons. The van der Waals surface area contributed by atoms with Crippen molar-refractivity contribution < 1.29 is 22.4 Å². The molecule has 1 atom stereocenters. The highest BCUT2D eigenvalue weighted by Gasteiger charge is 2.33. The maximum absolute atomic E-state index is 13.8. The third kappa shape index (κ3) is 7.30. The number of rotatable bonds is 10. The van der Waals surface area contributed by atoms with Crippen LogP contribution in [0.5, 0.6) is 0 Å². The minimum Gasteiger partial charge on any atom is -0.357 e. The van der Waals surface area contributed by atoms with Crippen molar-refractivity contribution in [3.63, 3.8) is 0 Å². The molecule has 0 aromatic heterocycles. The van der Waals surface area contributed by atoms with E-state index in [9.17, 15) is 22.4 Å². The molecule has 3 aromatic rings. The van der Waals surface area contributed by atoms with E-state index >= 15 is 0 Å². The molecule has 0 bridgehead atoms. The Morgan fingerprint density at radius 2 is 1.62 bits per heavy atom. The number of likely N-dealkylation sites (N-methyl/N-ethyl adjacent to an activating group) is 1. The zero-order valence-corrected chi connectivity index (χ0v) is 22.4. The van der Waals surface area contributed by atoms with Crippen LogP contribution >= 0.6 is 11.6 Å². The summed E-state index contributed by atoms with van der Waals surface area (Å²) in [7, 11) is -2.43. The molecule has 3 rings (SSSR count). The Hall–Kier alpha value is -3.43. The first kappa shape index (κ1) is 28.1. The van der Waals surface area contributed by atoms with Crippen molar-refractivity contribution in [3.05, 3.63) is 100 Å². The number of hydrogen-bond acceptors (Lipinski definition) is 4. The molecular weight excluding hydrogens is 517 g/mol. The van der Waals surface area contributed by atoms with Crippen LogP contribution in [-0.4, -0.2) is 51.0 Å². The molecule has 0 aliphatic heterocycles. The smallest absolute Gasteiger partial charge is 0.244 e. The largest absolute Gasteiger partial charge is 0.357 e. The Kier molecular flexibility index (Phi) is 9.29. The standard InChI is InChI=1S/C27H29ClFN3O4S/c1-19-23(28)10-7-11-24(19)32(37(3,35)36)18-26(33)31(17-21-12-14-22(29)15-13-21)25(27(34)30-2)16-20-8-5-4-6-9-20/h4-15,25H,16-18H2,1-3H3,(H,30,34). The van der Waals surface area contributed by atoms with E-state index in [1.54, 1.807) is 25.1 Å². The van der Waals surface area contributed by atoms with Crippen LogP contribution in [0.4, 0.5) is 10.1 Å². The minimum absolute atomic E-state index is 0.0316. The molecule has 1 N–H and O–H groups in total. The first-order valence-corrected chi connectivity index (χ1v) is 13.8. The van der Waals surface area contributed by atoms with E-state index in [4.69, 9.17) is 11.6 Å². The minimum atomic E-state index is -3.90. The van der Waals surface area contributed by atoms with Gasteiger partial charge in [-0.2, -0.15) is 0 Å². The van der Waals surface area contributed by atoms with E-state index in [1.807, 2.05) is 30.3 Å². The fourth-order valence-electron chi connectivity index (χ4n) is 3.97. The second kappa shape index (κ2) is 12.2. The van der Waals surface area contributed by atoms with Crippen LogP contribution in [-0.2, 0) is 32.6 Å². The topological polar surface area (TPSA) is 86.8 Å². The van der Waals surface area contributed by atoms with E-state index in [2.05, 4.69) is 5.32 Å².